The lowest BCUT2D eigenvalue weighted by Crippen LogP contribution is -2.05. The number of benzene rings is 2. The number of hydrogen-bond donors (Lipinski definition) is 3. The average molecular weight is 279 g/mol. The Hall–Kier alpha value is -3.08. The van der Waals surface area contributed by atoms with Gasteiger partial charge in [-0.15, -0.1) is 0 Å². The zero-order valence-corrected chi connectivity index (χ0v) is 11.1. The summed E-state index contributed by atoms with van der Waals surface area (Å²) in [4.78, 5) is 15.5. The van der Waals surface area contributed by atoms with Crippen molar-refractivity contribution >= 4 is 33.9 Å². The molecule has 4 N–H and O–H groups in total. The number of carbonyl (C=O) groups is 1. The third-order valence-electron chi connectivity index (χ3n) is 3.24. The van der Waals surface area contributed by atoms with Gasteiger partial charge in [-0.1, -0.05) is 24.3 Å². The average Bonchev–Trinajstić information content (AvgIpc) is 2.49. The number of fused-ring (bicyclic) bond motifs is 1. The highest BCUT2D eigenvalue weighted by molar-refractivity contribution is 5.99. The van der Waals surface area contributed by atoms with Gasteiger partial charge in [-0.25, -0.2) is 4.79 Å². The van der Waals surface area contributed by atoms with E-state index in [2.05, 4.69) is 10.3 Å². The van der Waals surface area contributed by atoms with Crippen LogP contribution in [0.5, 0.6) is 0 Å². The molecular weight excluding hydrogens is 266 g/mol. The van der Waals surface area contributed by atoms with E-state index < -0.39 is 5.97 Å². The van der Waals surface area contributed by atoms with Crippen LogP contribution in [0.2, 0.25) is 0 Å². The fraction of sp³-hybridized carbons (Fsp3) is 0. The number of hydrogen-bond acceptors (Lipinski definition) is 4. The van der Waals surface area contributed by atoms with Crippen LogP contribution in [-0.2, 0) is 0 Å². The van der Waals surface area contributed by atoms with E-state index in [1.165, 1.54) is 6.07 Å². The van der Waals surface area contributed by atoms with Gasteiger partial charge in [0.2, 0.25) is 0 Å². The first-order valence-electron chi connectivity index (χ1n) is 6.39. The Morgan fingerprint density at radius 2 is 1.76 bits per heavy atom. The Kier molecular flexibility index (Phi) is 3.16. The van der Waals surface area contributed by atoms with Crippen LogP contribution in [0, 0.1) is 0 Å². The summed E-state index contributed by atoms with van der Waals surface area (Å²) in [5, 5.41) is 13.3. The van der Waals surface area contributed by atoms with Crippen molar-refractivity contribution in [3.8, 4) is 0 Å². The lowest BCUT2D eigenvalue weighted by Gasteiger charge is -2.12. The van der Waals surface area contributed by atoms with E-state index in [0.717, 1.165) is 16.6 Å². The molecule has 21 heavy (non-hydrogen) atoms. The van der Waals surface area contributed by atoms with Crippen molar-refractivity contribution in [3.05, 3.63) is 60.3 Å². The number of para-hydroxylation sites is 2. The molecular formula is C16H13N3O2. The molecule has 3 rings (SSSR count). The molecule has 0 saturated heterocycles. The quantitative estimate of drug-likeness (QED) is 0.640. The molecule has 0 fully saturated rings. The SMILES string of the molecule is Nc1c(Nc2cccc3cccnc23)cccc1C(=O)O. The highest BCUT2D eigenvalue weighted by atomic mass is 16.4. The van der Waals surface area contributed by atoms with Crippen molar-refractivity contribution in [2.45, 2.75) is 0 Å². The second-order valence-electron chi connectivity index (χ2n) is 4.58. The van der Waals surface area contributed by atoms with Gasteiger partial charge in [0.25, 0.3) is 0 Å². The molecule has 5 nitrogen and oxygen atoms in total. The fourth-order valence-corrected chi connectivity index (χ4v) is 2.21. The molecule has 0 radical (unpaired) electrons. The van der Waals surface area contributed by atoms with Gasteiger partial charge in [-0.2, -0.15) is 0 Å². The number of nitrogens with one attached hydrogen (secondary N) is 1. The van der Waals surface area contributed by atoms with Crippen LogP contribution < -0.4 is 11.1 Å². The summed E-state index contributed by atoms with van der Waals surface area (Å²) in [6.45, 7) is 0. The van der Waals surface area contributed by atoms with Crippen molar-refractivity contribution in [3.63, 3.8) is 0 Å². The molecule has 0 amide bonds. The largest absolute Gasteiger partial charge is 0.478 e. The number of anilines is 3. The van der Waals surface area contributed by atoms with Gasteiger partial charge in [-0.3, -0.25) is 4.98 Å². The van der Waals surface area contributed by atoms with E-state index in [1.807, 2.05) is 30.3 Å². The number of nitrogen functional groups attached to an aromatic ring is 1. The zero-order valence-electron chi connectivity index (χ0n) is 11.1. The Balaban J connectivity index is 2.07. The third-order valence-corrected chi connectivity index (χ3v) is 3.24. The summed E-state index contributed by atoms with van der Waals surface area (Å²) in [6, 6.07) is 14.4. The van der Waals surface area contributed by atoms with Gasteiger partial charge >= 0.3 is 5.97 Å². The summed E-state index contributed by atoms with van der Waals surface area (Å²) in [5.74, 6) is -1.05. The minimum atomic E-state index is -1.05. The van der Waals surface area contributed by atoms with Gasteiger partial charge in [0.1, 0.15) is 0 Å². The molecule has 0 aliphatic carbocycles. The van der Waals surface area contributed by atoms with Crippen molar-refractivity contribution in [2.75, 3.05) is 11.1 Å². The Morgan fingerprint density at radius 1 is 1.05 bits per heavy atom. The Labute approximate surface area is 121 Å². The molecule has 0 aliphatic heterocycles. The topological polar surface area (TPSA) is 88.2 Å². The van der Waals surface area contributed by atoms with Crippen LogP contribution >= 0.6 is 0 Å². The molecule has 104 valence electrons. The number of nitrogens with zero attached hydrogens (tertiary/aromatic N) is 1. The maximum absolute atomic E-state index is 11.1. The van der Waals surface area contributed by atoms with Crippen molar-refractivity contribution in [1.82, 2.24) is 4.98 Å². The van der Waals surface area contributed by atoms with Crippen LogP contribution in [0.25, 0.3) is 10.9 Å². The summed E-state index contributed by atoms with van der Waals surface area (Å²) in [5.41, 5.74) is 8.33. The third kappa shape index (κ3) is 2.36. The molecule has 1 aromatic heterocycles. The minimum Gasteiger partial charge on any atom is -0.478 e. The van der Waals surface area contributed by atoms with Crippen molar-refractivity contribution in [2.24, 2.45) is 0 Å². The van der Waals surface area contributed by atoms with E-state index >= 15 is 0 Å². The summed E-state index contributed by atoms with van der Waals surface area (Å²) < 4.78 is 0. The second-order valence-corrected chi connectivity index (χ2v) is 4.58. The number of carboxylic acid groups (broad SMARTS) is 1. The summed E-state index contributed by atoms with van der Waals surface area (Å²) in [7, 11) is 0. The minimum absolute atomic E-state index is 0.0770. The lowest BCUT2D eigenvalue weighted by atomic mass is 10.1. The van der Waals surface area contributed by atoms with Crippen molar-refractivity contribution in [1.29, 1.82) is 0 Å². The van der Waals surface area contributed by atoms with E-state index in [4.69, 9.17) is 10.8 Å². The van der Waals surface area contributed by atoms with E-state index in [0.29, 0.717) is 5.69 Å². The normalized spacial score (nSPS) is 10.5. The predicted molar refractivity (Wildman–Crippen MR) is 82.8 cm³/mol. The van der Waals surface area contributed by atoms with Gasteiger partial charge < -0.3 is 16.2 Å². The first kappa shape index (κ1) is 12.9. The molecule has 2 aromatic carbocycles. The molecule has 0 saturated carbocycles. The van der Waals surface area contributed by atoms with E-state index in [1.54, 1.807) is 18.3 Å². The summed E-state index contributed by atoms with van der Waals surface area (Å²) >= 11 is 0. The first-order valence-corrected chi connectivity index (χ1v) is 6.39. The van der Waals surface area contributed by atoms with Gasteiger partial charge in [0.15, 0.2) is 0 Å². The van der Waals surface area contributed by atoms with Crippen molar-refractivity contribution < 1.29 is 9.90 Å². The zero-order chi connectivity index (χ0) is 14.8. The van der Waals surface area contributed by atoms with Crippen LogP contribution in [0.4, 0.5) is 17.1 Å². The molecule has 0 unspecified atom stereocenters. The monoisotopic (exact) mass is 279 g/mol. The highest BCUT2D eigenvalue weighted by Gasteiger charge is 2.12. The van der Waals surface area contributed by atoms with Crippen LogP contribution in [0.15, 0.2) is 54.7 Å². The van der Waals surface area contributed by atoms with Crippen LogP contribution in [0.1, 0.15) is 10.4 Å². The summed E-state index contributed by atoms with van der Waals surface area (Å²) in [6.07, 6.45) is 1.71. The number of nitrogens with two attached hydrogens (primary N) is 1. The van der Waals surface area contributed by atoms with E-state index in [9.17, 15) is 4.79 Å². The Bertz CT molecular complexity index is 825. The molecule has 0 atom stereocenters. The maximum Gasteiger partial charge on any atom is 0.337 e. The number of aromatic nitrogens is 1. The molecule has 1 heterocycles. The lowest BCUT2D eigenvalue weighted by molar-refractivity contribution is 0.0698. The molecule has 0 bridgehead atoms. The molecule has 0 spiro atoms. The number of carboxylic acids is 1. The molecule has 0 aliphatic rings. The standard InChI is InChI=1S/C16H13N3O2/c17-14-11(16(20)21)6-2-7-12(14)19-13-8-1-4-10-5-3-9-18-15(10)13/h1-9,19H,17H2,(H,20,21). The second kappa shape index (κ2) is 5.13. The smallest absolute Gasteiger partial charge is 0.337 e. The van der Waals surface area contributed by atoms with Crippen LogP contribution in [0.3, 0.4) is 0 Å². The number of rotatable bonds is 3. The van der Waals surface area contributed by atoms with E-state index in [-0.39, 0.29) is 11.3 Å². The molecule has 3 aromatic rings. The first-order chi connectivity index (χ1) is 10.2. The van der Waals surface area contributed by atoms with Gasteiger partial charge in [0.05, 0.1) is 28.1 Å². The van der Waals surface area contributed by atoms with Gasteiger partial charge in [-0.05, 0) is 24.3 Å². The predicted octanol–water partition coefficient (Wildman–Crippen LogP) is 3.26. The molecule has 5 heteroatoms. The number of aromatic carboxylic acids is 1. The maximum atomic E-state index is 11.1. The number of pyridine rings is 1. The fourth-order valence-electron chi connectivity index (χ4n) is 2.21. The van der Waals surface area contributed by atoms with Crippen LogP contribution in [-0.4, -0.2) is 16.1 Å². The Morgan fingerprint density at radius 3 is 2.57 bits per heavy atom. The highest BCUT2D eigenvalue weighted by Crippen LogP contribution is 2.29. The van der Waals surface area contributed by atoms with Gasteiger partial charge in [0, 0.05) is 11.6 Å².